The number of halogens is 2. The molecular formula is C24H25ClFN7. The quantitative estimate of drug-likeness (QED) is 0.687. The highest BCUT2D eigenvalue weighted by Gasteiger charge is 2.54. The zero-order valence-corrected chi connectivity index (χ0v) is 19.2. The van der Waals surface area contributed by atoms with Gasteiger partial charge in [0, 0.05) is 41.9 Å². The first kappa shape index (κ1) is 20.8. The highest BCUT2D eigenvalue weighted by Crippen LogP contribution is 2.56. The average Bonchev–Trinajstić information content (AvgIpc) is 3.07. The summed E-state index contributed by atoms with van der Waals surface area (Å²) in [6.07, 6.45) is 9.63. The molecule has 3 unspecified atom stereocenters. The summed E-state index contributed by atoms with van der Waals surface area (Å²) < 4.78 is 15.5. The number of anilines is 1. The number of pyridine rings is 1. The molecule has 1 saturated heterocycles. The number of hydrogen-bond donors (Lipinski definition) is 0. The van der Waals surface area contributed by atoms with Crippen molar-refractivity contribution in [3.8, 4) is 6.07 Å². The SMILES string of the molecule is CC(C#N)N1Cc2nnc(C3CC4(C3)CN(c3ccc(F)cn3)C4)n2C2C=CC(Cl)=CC2C1. The minimum atomic E-state index is -0.306. The Morgan fingerprint density at radius 2 is 2.09 bits per heavy atom. The molecule has 2 aliphatic carbocycles. The normalized spacial score (nSPS) is 27.0. The van der Waals surface area contributed by atoms with Gasteiger partial charge < -0.3 is 9.47 Å². The van der Waals surface area contributed by atoms with Gasteiger partial charge in [0.1, 0.15) is 23.3 Å². The molecule has 0 amide bonds. The van der Waals surface area contributed by atoms with E-state index >= 15 is 0 Å². The number of fused-ring (bicyclic) bond motifs is 3. The standard InChI is InChI=1S/C24H25ClFN7/c1-15(9-27)31-11-16-6-18(25)2-4-20(16)33-22(12-31)29-30-23(33)17-7-24(8-17)13-32(14-24)21-5-3-19(26)10-28-21/h2-6,10,15-17,20H,7-8,11-14H2,1H3. The lowest BCUT2D eigenvalue weighted by Crippen LogP contribution is -2.62. The lowest BCUT2D eigenvalue weighted by Gasteiger charge is -2.59. The maximum Gasteiger partial charge on any atom is 0.147 e. The maximum atomic E-state index is 13.2. The summed E-state index contributed by atoms with van der Waals surface area (Å²) in [4.78, 5) is 8.59. The van der Waals surface area contributed by atoms with E-state index < -0.39 is 0 Å². The minimum absolute atomic E-state index is 0.112. The Morgan fingerprint density at radius 1 is 1.27 bits per heavy atom. The summed E-state index contributed by atoms with van der Waals surface area (Å²) in [6.45, 7) is 5.19. The highest BCUT2D eigenvalue weighted by molar-refractivity contribution is 6.31. The monoisotopic (exact) mass is 465 g/mol. The van der Waals surface area contributed by atoms with Crippen LogP contribution in [0.25, 0.3) is 0 Å². The highest BCUT2D eigenvalue weighted by atomic mass is 35.5. The first-order chi connectivity index (χ1) is 15.9. The van der Waals surface area contributed by atoms with Crippen LogP contribution in [0.4, 0.5) is 10.2 Å². The fraction of sp³-hybridized carbons (Fsp3) is 0.500. The molecule has 7 nitrogen and oxygen atoms in total. The molecular weight excluding hydrogens is 441 g/mol. The van der Waals surface area contributed by atoms with E-state index in [1.54, 1.807) is 6.07 Å². The van der Waals surface area contributed by atoms with Gasteiger partial charge in [0.2, 0.25) is 0 Å². The van der Waals surface area contributed by atoms with Crippen molar-refractivity contribution in [3.05, 3.63) is 59.1 Å². The molecule has 4 heterocycles. The third-order valence-corrected chi connectivity index (χ3v) is 7.94. The van der Waals surface area contributed by atoms with E-state index in [9.17, 15) is 9.65 Å². The largest absolute Gasteiger partial charge is 0.355 e. The van der Waals surface area contributed by atoms with Gasteiger partial charge in [0.25, 0.3) is 0 Å². The van der Waals surface area contributed by atoms with Crippen LogP contribution in [0.3, 0.4) is 0 Å². The van der Waals surface area contributed by atoms with Gasteiger partial charge in [-0.3, -0.25) is 4.90 Å². The van der Waals surface area contributed by atoms with E-state index in [0.29, 0.717) is 12.5 Å². The van der Waals surface area contributed by atoms with Crippen molar-refractivity contribution < 1.29 is 4.39 Å². The van der Waals surface area contributed by atoms with Crippen LogP contribution in [-0.2, 0) is 6.54 Å². The summed E-state index contributed by atoms with van der Waals surface area (Å²) in [7, 11) is 0. The van der Waals surface area contributed by atoms with E-state index in [0.717, 1.165) is 55.0 Å². The molecule has 9 heteroatoms. The van der Waals surface area contributed by atoms with E-state index in [-0.39, 0.29) is 29.2 Å². The summed E-state index contributed by atoms with van der Waals surface area (Å²) >= 11 is 6.35. The second kappa shape index (κ2) is 7.64. The van der Waals surface area contributed by atoms with E-state index in [4.69, 9.17) is 11.6 Å². The Labute approximate surface area is 197 Å². The van der Waals surface area contributed by atoms with Gasteiger partial charge in [-0.1, -0.05) is 23.8 Å². The minimum Gasteiger partial charge on any atom is -0.355 e. The average molecular weight is 466 g/mol. The molecule has 6 rings (SSSR count). The summed E-state index contributed by atoms with van der Waals surface area (Å²) in [5.41, 5.74) is 0.282. The third-order valence-electron chi connectivity index (χ3n) is 7.69. The predicted molar refractivity (Wildman–Crippen MR) is 122 cm³/mol. The molecule has 2 fully saturated rings. The first-order valence-corrected chi connectivity index (χ1v) is 11.8. The number of allylic oxidation sites excluding steroid dienone is 3. The van der Waals surface area contributed by atoms with Crippen LogP contribution in [-0.4, -0.2) is 50.3 Å². The fourth-order valence-corrected chi connectivity index (χ4v) is 6.21. The van der Waals surface area contributed by atoms with Crippen molar-refractivity contribution in [2.24, 2.45) is 11.3 Å². The van der Waals surface area contributed by atoms with Crippen molar-refractivity contribution in [3.63, 3.8) is 0 Å². The number of nitrogens with zero attached hydrogens (tertiary/aromatic N) is 7. The van der Waals surface area contributed by atoms with Gasteiger partial charge in [-0.05, 0) is 38.0 Å². The van der Waals surface area contributed by atoms with Gasteiger partial charge in [0.15, 0.2) is 0 Å². The Kier molecular flexibility index (Phi) is 4.82. The summed E-state index contributed by atoms with van der Waals surface area (Å²) in [5, 5.41) is 19.5. The van der Waals surface area contributed by atoms with Gasteiger partial charge in [-0.15, -0.1) is 10.2 Å². The second-order valence-electron chi connectivity index (χ2n) is 9.94. The zero-order chi connectivity index (χ0) is 22.7. The van der Waals surface area contributed by atoms with Crippen LogP contribution in [0, 0.1) is 28.5 Å². The van der Waals surface area contributed by atoms with Crippen LogP contribution >= 0.6 is 11.6 Å². The predicted octanol–water partition coefficient (Wildman–Crippen LogP) is 3.77. The van der Waals surface area contributed by atoms with Crippen LogP contribution in [0.5, 0.6) is 0 Å². The summed E-state index contributed by atoms with van der Waals surface area (Å²) in [6, 6.07) is 5.49. The summed E-state index contributed by atoms with van der Waals surface area (Å²) in [5.74, 6) is 3.04. The molecule has 4 aliphatic rings. The van der Waals surface area contributed by atoms with Crippen LogP contribution in [0.1, 0.15) is 43.4 Å². The van der Waals surface area contributed by atoms with Gasteiger partial charge >= 0.3 is 0 Å². The molecule has 1 saturated carbocycles. The number of nitriles is 1. The molecule has 170 valence electrons. The van der Waals surface area contributed by atoms with Gasteiger partial charge in [0.05, 0.1) is 30.9 Å². The topological polar surface area (TPSA) is 73.9 Å². The van der Waals surface area contributed by atoms with Crippen LogP contribution in [0.2, 0.25) is 0 Å². The number of aromatic nitrogens is 4. The van der Waals surface area contributed by atoms with E-state index in [1.807, 2.05) is 13.0 Å². The van der Waals surface area contributed by atoms with Crippen molar-refractivity contribution >= 4 is 17.4 Å². The molecule has 0 radical (unpaired) electrons. The van der Waals surface area contributed by atoms with Crippen molar-refractivity contribution in [1.29, 1.82) is 5.26 Å². The molecule has 0 bridgehead atoms. The molecule has 33 heavy (non-hydrogen) atoms. The molecule has 0 aromatic carbocycles. The van der Waals surface area contributed by atoms with Crippen LogP contribution < -0.4 is 4.90 Å². The third kappa shape index (κ3) is 3.46. The van der Waals surface area contributed by atoms with Gasteiger partial charge in [-0.25, -0.2) is 9.37 Å². The Bertz CT molecular complexity index is 1170. The molecule has 0 N–H and O–H groups in total. The fourth-order valence-electron chi connectivity index (χ4n) is 5.98. The smallest absolute Gasteiger partial charge is 0.147 e. The Morgan fingerprint density at radius 3 is 2.82 bits per heavy atom. The van der Waals surface area contributed by atoms with Crippen molar-refractivity contribution in [2.75, 3.05) is 24.5 Å². The number of rotatable bonds is 3. The molecule has 3 atom stereocenters. The maximum absolute atomic E-state index is 13.2. The van der Waals surface area contributed by atoms with Gasteiger partial charge in [-0.2, -0.15) is 5.26 Å². The Balaban J connectivity index is 1.22. The van der Waals surface area contributed by atoms with E-state index in [2.05, 4.69) is 47.8 Å². The van der Waals surface area contributed by atoms with Crippen LogP contribution in [0.15, 0.2) is 41.6 Å². The lowest BCUT2D eigenvalue weighted by atomic mass is 9.57. The second-order valence-corrected chi connectivity index (χ2v) is 10.4. The van der Waals surface area contributed by atoms with Crippen molar-refractivity contribution in [1.82, 2.24) is 24.6 Å². The lowest BCUT2D eigenvalue weighted by molar-refractivity contribution is 0.0565. The Hall–Kier alpha value is -2.76. The molecule has 2 aliphatic heterocycles. The molecule has 1 spiro atoms. The van der Waals surface area contributed by atoms with Crippen molar-refractivity contribution in [2.45, 2.75) is 44.3 Å². The van der Waals surface area contributed by atoms with E-state index in [1.165, 1.54) is 12.3 Å². The first-order valence-electron chi connectivity index (χ1n) is 11.4. The molecule has 2 aromatic heterocycles. The number of hydrogen-bond acceptors (Lipinski definition) is 6. The molecule has 2 aromatic rings. The zero-order valence-electron chi connectivity index (χ0n) is 18.4.